The molecule has 132 valence electrons. The Labute approximate surface area is 148 Å². The summed E-state index contributed by atoms with van der Waals surface area (Å²) >= 11 is 0. The molecule has 1 aliphatic heterocycles. The van der Waals surface area contributed by atoms with E-state index in [0.717, 1.165) is 18.7 Å². The van der Waals surface area contributed by atoms with Gasteiger partial charge >= 0.3 is 0 Å². The van der Waals surface area contributed by atoms with Crippen LogP contribution in [0.2, 0.25) is 0 Å². The maximum absolute atomic E-state index is 13.0. The Kier molecular flexibility index (Phi) is 4.34. The average molecular weight is 338 g/mol. The lowest BCUT2D eigenvalue weighted by atomic mass is 9.89. The molecule has 1 aromatic heterocycles. The lowest BCUT2D eigenvalue weighted by Gasteiger charge is -2.23. The molecular weight excluding hydrogens is 312 g/mol. The summed E-state index contributed by atoms with van der Waals surface area (Å²) in [6, 6.07) is 8.72. The molecule has 5 nitrogen and oxygen atoms in total. The number of carbonyl (C=O) groups is 1. The maximum Gasteiger partial charge on any atom is 0.225 e. The normalized spacial score (nSPS) is 24.2. The van der Waals surface area contributed by atoms with Gasteiger partial charge in [-0.15, -0.1) is 0 Å². The molecule has 1 amide bonds. The van der Waals surface area contributed by atoms with Crippen molar-refractivity contribution in [3.63, 3.8) is 0 Å². The van der Waals surface area contributed by atoms with Gasteiger partial charge in [0.15, 0.2) is 0 Å². The van der Waals surface area contributed by atoms with Crippen molar-refractivity contribution in [3.05, 3.63) is 53.3 Å². The predicted octanol–water partition coefficient (Wildman–Crippen LogP) is 2.30. The van der Waals surface area contributed by atoms with Gasteiger partial charge in [-0.05, 0) is 36.8 Å². The number of amides is 1. The molecule has 2 aromatic rings. The fourth-order valence-corrected chi connectivity index (χ4v) is 3.87. The molecule has 4 rings (SSSR count). The van der Waals surface area contributed by atoms with Crippen LogP contribution in [0.25, 0.3) is 0 Å². The zero-order valence-corrected chi connectivity index (χ0v) is 14.9. The van der Waals surface area contributed by atoms with Crippen molar-refractivity contribution in [1.29, 1.82) is 0 Å². The molecule has 1 saturated heterocycles. The number of benzene rings is 1. The van der Waals surface area contributed by atoms with Gasteiger partial charge in [-0.25, -0.2) is 0 Å². The van der Waals surface area contributed by atoms with Crippen LogP contribution in [-0.2, 0) is 11.8 Å². The zero-order chi connectivity index (χ0) is 17.4. The fraction of sp³-hybridized carbons (Fsp3) is 0.500. The number of aryl methyl sites for hydroxylation is 2. The molecule has 3 atom stereocenters. The highest BCUT2D eigenvalue weighted by Crippen LogP contribution is 2.41. The fourth-order valence-electron chi connectivity index (χ4n) is 3.87. The van der Waals surface area contributed by atoms with Crippen LogP contribution in [0.4, 0.5) is 0 Å². The standard InChI is InChI=1S/C20H26N4O/c1-13-3-5-14(6-4-13)19(15-7-8-15)23-20(25)18-11-21-10-17(18)16-9-22-24(2)12-16/h3-6,9,12,15,17-19,21H,7-8,10-11H2,1-2H3,(H,23,25)/t17-,18+,19?/m1/s1. The predicted molar refractivity (Wildman–Crippen MR) is 97.1 cm³/mol. The number of hydrogen-bond donors (Lipinski definition) is 2. The first kappa shape index (κ1) is 16.3. The minimum Gasteiger partial charge on any atom is -0.349 e. The molecule has 0 radical (unpaired) electrons. The Morgan fingerprint density at radius 1 is 1.28 bits per heavy atom. The van der Waals surface area contributed by atoms with Crippen LogP contribution >= 0.6 is 0 Å². The van der Waals surface area contributed by atoms with E-state index >= 15 is 0 Å². The monoisotopic (exact) mass is 338 g/mol. The van der Waals surface area contributed by atoms with Gasteiger partial charge in [0.25, 0.3) is 0 Å². The number of rotatable bonds is 5. The van der Waals surface area contributed by atoms with E-state index in [-0.39, 0.29) is 23.8 Å². The number of nitrogens with one attached hydrogen (secondary N) is 2. The summed E-state index contributed by atoms with van der Waals surface area (Å²) < 4.78 is 1.81. The summed E-state index contributed by atoms with van der Waals surface area (Å²) in [7, 11) is 1.92. The molecule has 1 saturated carbocycles. The molecular formula is C20H26N4O. The second-order valence-electron chi connectivity index (χ2n) is 7.55. The summed E-state index contributed by atoms with van der Waals surface area (Å²) in [4.78, 5) is 13.0. The molecule has 0 spiro atoms. The first-order valence-corrected chi connectivity index (χ1v) is 9.18. The summed E-state index contributed by atoms with van der Waals surface area (Å²) in [5, 5.41) is 11.0. The van der Waals surface area contributed by atoms with Gasteiger partial charge < -0.3 is 10.6 Å². The van der Waals surface area contributed by atoms with Crippen molar-refractivity contribution in [3.8, 4) is 0 Å². The third-order valence-electron chi connectivity index (χ3n) is 5.53. The molecule has 1 unspecified atom stereocenters. The molecule has 5 heteroatoms. The van der Waals surface area contributed by atoms with Crippen LogP contribution in [-0.4, -0.2) is 28.8 Å². The van der Waals surface area contributed by atoms with Gasteiger partial charge in [0.1, 0.15) is 0 Å². The molecule has 2 heterocycles. The van der Waals surface area contributed by atoms with Gasteiger partial charge in [0.05, 0.1) is 18.2 Å². The lowest BCUT2D eigenvalue weighted by Crippen LogP contribution is -2.37. The highest BCUT2D eigenvalue weighted by Gasteiger charge is 2.39. The van der Waals surface area contributed by atoms with Crippen LogP contribution in [0.5, 0.6) is 0 Å². The smallest absolute Gasteiger partial charge is 0.225 e. The summed E-state index contributed by atoms with van der Waals surface area (Å²) in [6.45, 7) is 3.66. The van der Waals surface area contributed by atoms with Crippen LogP contribution < -0.4 is 10.6 Å². The second kappa shape index (κ2) is 6.64. The van der Waals surface area contributed by atoms with Crippen molar-refractivity contribution in [1.82, 2.24) is 20.4 Å². The molecule has 2 fully saturated rings. The SMILES string of the molecule is Cc1ccc(C(NC(=O)[C@H]2CNC[C@@H]2c2cnn(C)c2)C2CC2)cc1. The number of nitrogens with zero attached hydrogens (tertiary/aromatic N) is 2. The van der Waals surface area contributed by atoms with Crippen molar-refractivity contribution in [2.75, 3.05) is 13.1 Å². The number of carbonyl (C=O) groups excluding carboxylic acids is 1. The van der Waals surface area contributed by atoms with Crippen molar-refractivity contribution < 1.29 is 4.79 Å². The van der Waals surface area contributed by atoms with Gasteiger partial charge in [-0.3, -0.25) is 9.48 Å². The van der Waals surface area contributed by atoms with Crippen molar-refractivity contribution in [2.24, 2.45) is 18.9 Å². The Morgan fingerprint density at radius 3 is 2.68 bits per heavy atom. The minimum atomic E-state index is -0.0316. The van der Waals surface area contributed by atoms with E-state index in [9.17, 15) is 4.79 Å². The quantitative estimate of drug-likeness (QED) is 0.879. The second-order valence-corrected chi connectivity index (χ2v) is 7.55. The summed E-state index contributed by atoms with van der Waals surface area (Å²) in [5.74, 6) is 0.914. The van der Waals surface area contributed by atoms with E-state index < -0.39 is 0 Å². The van der Waals surface area contributed by atoms with E-state index in [1.165, 1.54) is 24.0 Å². The van der Waals surface area contributed by atoms with Crippen LogP contribution in [0.15, 0.2) is 36.7 Å². The molecule has 2 aliphatic rings. The molecule has 1 aliphatic carbocycles. The topological polar surface area (TPSA) is 59.0 Å². The van der Waals surface area contributed by atoms with Gasteiger partial charge in [0, 0.05) is 32.3 Å². The van der Waals surface area contributed by atoms with E-state index in [1.54, 1.807) is 0 Å². The third kappa shape index (κ3) is 3.47. The zero-order valence-electron chi connectivity index (χ0n) is 14.9. The lowest BCUT2D eigenvalue weighted by molar-refractivity contribution is -0.125. The van der Waals surface area contributed by atoms with Gasteiger partial charge in [-0.2, -0.15) is 5.10 Å². The Hall–Kier alpha value is -2.14. The molecule has 2 N–H and O–H groups in total. The van der Waals surface area contributed by atoms with Crippen molar-refractivity contribution >= 4 is 5.91 Å². The third-order valence-corrected chi connectivity index (χ3v) is 5.53. The minimum absolute atomic E-state index is 0.0316. The van der Waals surface area contributed by atoms with Gasteiger partial charge in [0.2, 0.25) is 5.91 Å². The molecule has 1 aromatic carbocycles. The van der Waals surface area contributed by atoms with Crippen LogP contribution in [0.3, 0.4) is 0 Å². The van der Waals surface area contributed by atoms with E-state index in [4.69, 9.17) is 0 Å². The summed E-state index contributed by atoms with van der Waals surface area (Å²) in [5.41, 5.74) is 3.62. The summed E-state index contributed by atoms with van der Waals surface area (Å²) in [6.07, 6.45) is 6.31. The Balaban J connectivity index is 1.50. The average Bonchev–Trinajstić information content (AvgIpc) is 3.15. The largest absolute Gasteiger partial charge is 0.349 e. The Morgan fingerprint density at radius 2 is 2.04 bits per heavy atom. The van der Waals surface area contributed by atoms with E-state index in [1.807, 2.05) is 24.1 Å². The van der Waals surface area contributed by atoms with Gasteiger partial charge in [-0.1, -0.05) is 29.8 Å². The maximum atomic E-state index is 13.0. The number of aromatic nitrogens is 2. The van der Waals surface area contributed by atoms with Crippen LogP contribution in [0.1, 0.15) is 41.5 Å². The van der Waals surface area contributed by atoms with Crippen LogP contribution in [0, 0.1) is 18.8 Å². The Bertz CT molecular complexity index is 747. The molecule has 25 heavy (non-hydrogen) atoms. The highest BCUT2D eigenvalue weighted by atomic mass is 16.2. The molecule has 0 bridgehead atoms. The van der Waals surface area contributed by atoms with E-state index in [2.05, 4.69) is 46.9 Å². The first-order valence-electron chi connectivity index (χ1n) is 9.18. The highest BCUT2D eigenvalue weighted by molar-refractivity contribution is 5.81. The first-order chi connectivity index (χ1) is 12.1. The number of hydrogen-bond acceptors (Lipinski definition) is 3. The van der Waals surface area contributed by atoms with Crippen molar-refractivity contribution in [2.45, 2.75) is 31.7 Å². The van der Waals surface area contributed by atoms with E-state index in [0.29, 0.717) is 5.92 Å².